The van der Waals surface area contributed by atoms with Crippen molar-refractivity contribution < 1.29 is 28.6 Å². The minimum absolute atomic E-state index is 0.182. The van der Waals surface area contributed by atoms with E-state index in [0.717, 1.165) is 33.4 Å². The summed E-state index contributed by atoms with van der Waals surface area (Å²) in [5.74, 6) is -1.04. The van der Waals surface area contributed by atoms with Crippen LogP contribution < -0.4 is 9.47 Å². The average molecular weight is 537 g/mol. The number of carbonyl (C=O) groups is 3. The fourth-order valence-corrected chi connectivity index (χ4v) is 4.49. The Morgan fingerprint density at radius 1 is 0.650 bits per heavy atom. The second kappa shape index (κ2) is 11.6. The monoisotopic (exact) mass is 536 g/mol. The van der Waals surface area contributed by atoms with Crippen molar-refractivity contribution in [2.75, 3.05) is 0 Å². The molecule has 40 heavy (non-hydrogen) atoms. The molecule has 6 nitrogen and oxygen atoms in total. The Bertz CT molecular complexity index is 1530. The van der Waals surface area contributed by atoms with Gasteiger partial charge in [0, 0.05) is 35.6 Å². The molecule has 3 aromatic rings. The van der Waals surface area contributed by atoms with Crippen LogP contribution >= 0.6 is 0 Å². The first kappa shape index (κ1) is 28.3. The second-order valence-corrected chi connectivity index (χ2v) is 10.3. The Labute approximate surface area is 234 Å². The normalized spacial score (nSPS) is 13.7. The zero-order chi connectivity index (χ0) is 29.1. The Balaban J connectivity index is 1.63. The number of benzene rings is 3. The summed E-state index contributed by atoms with van der Waals surface area (Å²) in [6.45, 7) is 17.7. The topological polar surface area (TPSA) is 78.9 Å². The molecule has 0 aliphatic heterocycles. The molecule has 0 aromatic heterocycles. The first-order valence-corrected chi connectivity index (χ1v) is 12.9. The second-order valence-electron chi connectivity index (χ2n) is 10.3. The van der Waals surface area contributed by atoms with Crippen molar-refractivity contribution in [3.05, 3.63) is 108 Å². The van der Waals surface area contributed by atoms with Crippen molar-refractivity contribution in [2.45, 2.75) is 46.6 Å². The predicted octanol–water partition coefficient (Wildman–Crippen LogP) is 6.88. The van der Waals surface area contributed by atoms with Gasteiger partial charge in [0.1, 0.15) is 17.6 Å². The van der Waals surface area contributed by atoms with E-state index in [4.69, 9.17) is 14.2 Å². The van der Waals surface area contributed by atoms with Gasteiger partial charge in [-0.1, -0.05) is 56.1 Å². The molecule has 0 heterocycles. The van der Waals surface area contributed by atoms with Gasteiger partial charge in [-0.05, 0) is 78.8 Å². The molecule has 0 fully saturated rings. The third-order valence-corrected chi connectivity index (χ3v) is 6.59. The first-order chi connectivity index (χ1) is 18.9. The summed E-state index contributed by atoms with van der Waals surface area (Å²) >= 11 is 0. The van der Waals surface area contributed by atoms with Crippen LogP contribution in [0.2, 0.25) is 0 Å². The molecule has 0 spiro atoms. The summed E-state index contributed by atoms with van der Waals surface area (Å²) in [4.78, 5) is 36.3. The molecule has 0 saturated carbocycles. The SMILES string of the molecule is C=C(C)C(=O)Oc1cc(OC(=O)C(=C)C)cc(-c2ccc(-c3ccc4c(c3)CC(OC(=O)C(=C)C)C4)cc2C)c1. The van der Waals surface area contributed by atoms with Gasteiger partial charge >= 0.3 is 17.9 Å². The molecule has 0 N–H and O–H groups in total. The highest BCUT2D eigenvalue weighted by atomic mass is 16.5. The van der Waals surface area contributed by atoms with Crippen LogP contribution in [0.3, 0.4) is 0 Å². The van der Waals surface area contributed by atoms with E-state index in [1.165, 1.54) is 11.6 Å². The lowest BCUT2D eigenvalue weighted by Gasteiger charge is -2.14. The number of carbonyl (C=O) groups excluding carboxylic acids is 3. The molecule has 0 radical (unpaired) electrons. The van der Waals surface area contributed by atoms with Gasteiger partial charge in [-0.25, -0.2) is 14.4 Å². The summed E-state index contributed by atoms with van der Waals surface area (Å²) in [5, 5.41) is 0. The molecule has 6 heteroatoms. The smallest absolute Gasteiger partial charge is 0.338 e. The average Bonchev–Trinajstić information content (AvgIpc) is 3.29. The molecule has 4 rings (SSSR count). The van der Waals surface area contributed by atoms with Crippen LogP contribution in [-0.4, -0.2) is 24.0 Å². The lowest BCUT2D eigenvalue weighted by atomic mass is 9.94. The van der Waals surface area contributed by atoms with E-state index in [9.17, 15) is 14.4 Å². The van der Waals surface area contributed by atoms with E-state index in [1.54, 1.807) is 32.9 Å². The molecule has 1 atom stereocenters. The van der Waals surface area contributed by atoms with E-state index >= 15 is 0 Å². The zero-order valence-electron chi connectivity index (χ0n) is 23.3. The first-order valence-electron chi connectivity index (χ1n) is 12.9. The Kier molecular flexibility index (Phi) is 8.19. The van der Waals surface area contributed by atoms with Gasteiger partial charge in [-0.2, -0.15) is 0 Å². The van der Waals surface area contributed by atoms with E-state index in [2.05, 4.69) is 44.0 Å². The minimum Gasteiger partial charge on any atom is -0.458 e. The number of fused-ring (bicyclic) bond motifs is 1. The lowest BCUT2D eigenvalue weighted by Crippen LogP contribution is -2.18. The number of esters is 3. The van der Waals surface area contributed by atoms with Crippen LogP contribution in [0.1, 0.15) is 37.5 Å². The number of hydrogen-bond acceptors (Lipinski definition) is 6. The summed E-state index contributed by atoms with van der Waals surface area (Å²) in [6, 6.07) is 17.3. The highest BCUT2D eigenvalue weighted by molar-refractivity contribution is 5.90. The number of hydrogen-bond donors (Lipinski definition) is 0. The largest absolute Gasteiger partial charge is 0.458 e. The maximum absolute atomic E-state index is 12.2. The summed E-state index contributed by atoms with van der Waals surface area (Å²) in [7, 11) is 0. The molecule has 1 unspecified atom stereocenters. The van der Waals surface area contributed by atoms with Crippen LogP contribution in [0, 0.1) is 6.92 Å². The number of rotatable bonds is 8. The van der Waals surface area contributed by atoms with Gasteiger partial charge in [0.05, 0.1) is 0 Å². The minimum atomic E-state index is -0.574. The summed E-state index contributed by atoms with van der Waals surface area (Å²) in [5.41, 5.74) is 7.91. The summed E-state index contributed by atoms with van der Waals surface area (Å²) < 4.78 is 16.5. The third-order valence-electron chi connectivity index (χ3n) is 6.59. The van der Waals surface area contributed by atoms with Crippen LogP contribution in [-0.2, 0) is 32.0 Å². The number of aryl methyl sites for hydroxylation is 1. The van der Waals surface area contributed by atoms with Crippen molar-refractivity contribution >= 4 is 17.9 Å². The van der Waals surface area contributed by atoms with E-state index < -0.39 is 11.9 Å². The maximum atomic E-state index is 12.2. The highest BCUT2D eigenvalue weighted by Crippen LogP contribution is 2.35. The Hall–Kier alpha value is -4.71. The molecule has 1 aliphatic carbocycles. The highest BCUT2D eigenvalue weighted by Gasteiger charge is 2.25. The van der Waals surface area contributed by atoms with Gasteiger partial charge in [0.2, 0.25) is 0 Å². The Morgan fingerprint density at radius 2 is 1.18 bits per heavy atom. The predicted molar refractivity (Wildman–Crippen MR) is 155 cm³/mol. The van der Waals surface area contributed by atoms with E-state index in [1.807, 2.05) is 19.1 Å². The van der Waals surface area contributed by atoms with Gasteiger partial charge in [0.15, 0.2) is 0 Å². The van der Waals surface area contributed by atoms with Crippen LogP contribution in [0.25, 0.3) is 22.3 Å². The molecular weight excluding hydrogens is 504 g/mol. The third kappa shape index (κ3) is 6.46. The quantitative estimate of drug-likeness (QED) is 0.177. The van der Waals surface area contributed by atoms with Crippen molar-refractivity contribution in [1.29, 1.82) is 0 Å². The Morgan fingerprint density at radius 3 is 1.73 bits per heavy atom. The summed E-state index contributed by atoms with van der Waals surface area (Å²) in [6.07, 6.45) is 1.18. The van der Waals surface area contributed by atoms with E-state index in [-0.39, 0.29) is 34.7 Å². The molecule has 204 valence electrons. The maximum Gasteiger partial charge on any atom is 0.338 e. The molecule has 0 bridgehead atoms. The molecule has 0 amide bonds. The molecular formula is C34H32O6. The lowest BCUT2D eigenvalue weighted by molar-refractivity contribution is -0.143. The van der Waals surface area contributed by atoms with Crippen LogP contribution in [0.4, 0.5) is 0 Å². The van der Waals surface area contributed by atoms with Gasteiger partial charge in [0.25, 0.3) is 0 Å². The van der Waals surface area contributed by atoms with Gasteiger partial charge in [-0.3, -0.25) is 0 Å². The fraction of sp³-hybridized carbons (Fsp3) is 0.206. The van der Waals surface area contributed by atoms with Crippen molar-refractivity contribution in [3.8, 4) is 33.8 Å². The van der Waals surface area contributed by atoms with Crippen molar-refractivity contribution in [3.63, 3.8) is 0 Å². The zero-order valence-corrected chi connectivity index (χ0v) is 23.3. The van der Waals surface area contributed by atoms with Crippen molar-refractivity contribution in [1.82, 2.24) is 0 Å². The van der Waals surface area contributed by atoms with E-state index in [0.29, 0.717) is 18.4 Å². The van der Waals surface area contributed by atoms with Crippen LogP contribution in [0.15, 0.2) is 91.1 Å². The fourth-order valence-electron chi connectivity index (χ4n) is 4.49. The number of ether oxygens (including phenoxy) is 3. The standard InChI is InChI=1S/C34H32O6/c1-19(2)32(35)38-28-14-25-9-8-24(13-26(25)15-28)23-10-11-31(22(7)12-23)27-16-29(39-33(36)20(3)4)18-30(17-27)40-34(37)21(5)6/h8-13,16-18,28H,1,3,5,14-15H2,2,4,6-7H3. The van der Waals surface area contributed by atoms with Crippen molar-refractivity contribution in [2.24, 2.45) is 0 Å². The van der Waals surface area contributed by atoms with Gasteiger partial charge < -0.3 is 14.2 Å². The molecule has 0 saturated heterocycles. The van der Waals surface area contributed by atoms with Crippen LogP contribution in [0.5, 0.6) is 11.5 Å². The molecule has 1 aliphatic rings. The van der Waals surface area contributed by atoms with Gasteiger partial charge in [-0.15, -0.1) is 0 Å². The molecule has 3 aromatic carbocycles.